The Morgan fingerprint density at radius 3 is 3.09 bits per heavy atom. The van der Waals surface area contributed by atoms with Gasteiger partial charge < -0.3 is 9.64 Å². The molecule has 0 bridgehead atoms. The monoisotopic (exact) mass is 301 g/mol. The third-order valence-corrected chi connectivity index (χ3v) is 3.66. The van der Waals surface area contributed by atoms with Gasteiger partial charge in [-0.1, -0.05) is 6.07 Å². The number of nitrogens with zero attached hydrogens (tertiary/aromatic N) is 3. The van der Waals surface area contributed by atoms with Crippen LogP contribution in [0, 0.1) is 5.82 Å². The van der Waals surface area contributed by atoms with E-state index in [0.717, 1.165) is 18.5 Å². The second-order valence-corrected chi connectivity index (χ2v) is 5.12. The first-order chi connectivity index (χ1) is 10.7. The Kier molecular flexibility index (Phi) is 4.27. The van der Waals surface area contributed by atoms with Gasteiger partial charge >= 0.3 is 0 Å². The summed E-state index contributed by atoms with van der Waals surface area (Å²) in [6, 6.07) is 5.71. The minimum atomic E-state index is -0.386. The molecule has 1 amide bonds. The number of carbonyl (C=O) groups is 1. The molecule has 0 spiro atoms. The minimum Gasteiger partial charge on any atom is -0.484 e. The van der Waals surface area contributed by atoms with Gasteiger partial charge in [0.15, 0.2) is 6.61 Å². The molecule has 22 heavy (non-hydrogen) atoms. The summed E-state index contributed by atoms with van der Waals surface area (Å²) in [5.74, 6) is -0.162. The van der Waals surface area contributed by atoms with Crippen LogP contribution in [-0.4, -0.2) is 33.9 Å². The van der Waals surface area contributed by atoms with Crippen molar-refractivity contribution in [3.05, 3.63) is 54.4 Å². The zero-order chi connectivity index (χ0) is 15.4. The summed E-state index contributed by atoms with van der Waals surface area (Å²) in [6.07, 6.45) is 6.71. The summed E-state index contributed by atoms with van der Waals surface area (Å²) >= 11 is 0. The largest absolute Gasteiger partial charge is 0.484 e. The van der Waals surface area contributed by atoms with Crippen molar-refractivity contribution in [1.29, 1.82) is 0 Å². The number of hydrogen-bond donors (Lipinski definition) is 0. The molecule has 2 heterocycles. The quantitative estimate of drug-likeness (QED) is 0.870. The van der Waals surface area contributed by atoms with E-state index in [4.69, 9.17) is 4.74 Å². The van der Waals surface area contributed by atoms with Gasteiger partial charge in [-0.2, -0.15) is 0 Å². The molecule has 2 aromatic rings. The maximum Gasteiger partial charge on any atom is 0.261 e. The van der Waals surface area contributed by atoms with Crippen molar-refractivity contribution in [2.45, 2.75) is 18.9 Å². The van der Waals surface area contributed by atoms with Crippen LogP contribution in [0.1, 0.15) is 24.6 Å². The van der Waals surface area contributed by atoms with Gasteiger partial charge in [0.25, 0.3) is 5.91 Å². The maximum atomic E-state index is 13.1. The highest BCUT2D eigenvalue weighted by Crippen LogP contribution is 2.30. The predicted molar refractivity (Wildman–Crippen MR) is 77.6 cm³/mol. The Morgan fingerprint density at radius 1 is 1.41 bits per heavy atom. The average molecular weight is 301 g/mol. The molecule has 0 aliphatic carbocycles. The SMILES string of the molecule is O=C(COc1cccc(F)c1)N1CCC[C@@H]1c1cnccn1. The lowest BCUT2D eigenvalue weighted by Gasteiger charge is -2.24. The van der Waals surface area contributed by atoms with Crippen LogP contribution in [0.3, 0.4) is 0 Å². The molecule has 0 unspecified atom stereocenters. The summed E-state index contributed by atoms with van der Waals surface area (Å²) < 4.78 is 18.5. The number of hydrogen-bond acceptors (Lipinski definition) is 4. The molecule has 5 nitrogen and oxygen atoms in total. The molecular formula is C16H16FN3O2. The van der Waals surface area contributed by atoms with Crippen LogP contribution in [-0.2, 0) is 4.79 Å². The molecule has 0 N–H and O–H groups in total. The van der Waals surface area contributed by atoms with Crippen LogP contribution >= 0.6 is 0 Å². The number of likely N-dealkylation sites (tertiary alicyclic amines) is 1. The van der Waals surface area contributed by atoms with Crippen molar-refractivity contribution in [3.8, 4) is 5.75 Å². The van der Waals surface area contributed by atoms with E-state index in [1.807, 2.05) is 0 Å². The fourth-order valence-corrected chi connectivity index (χ4v) is 2.64. The Labute approximate surface area is 127 Å². The van der Waals surface area contributed by atoms with Crippen molar-refractivity contribution in [2.24, 2.45) is 0 Å². The van der Waals surface area contributed by atoms with E-state index >= 15 is 0 Å². The highest BCUT2D eigenvalue weighted by atomic mass is 19.1. The van der Waals surface area contributed by atoms with Crippen molar-refractivity contribution in [1.82, 2.24) is 14.9 Å². The van der Waals surface area contributed by atoms with Crippen LogP contribution in [0.5, 0.6) is 5.75 Å². The van der Waals surface area contributed by atoms with Gasteiger partial charge in [0.2, 0.25) is 0 Å². The number of rotatable bonds is 4. The zero-order valence-electron chi connectivity index (χ0n) is 12.0. The Balaban J connectivity index is 1.64. The van der Waals surface area contributed by atoms with E-state index in [9.17, 15) is 9.18 Å². The third-order valence-electron chi connectivity index (χ3n) is 3.66. The van der Waals surface area contributed by atoms with Gasteiger partial charge in [-0.3, -0.25) is 14.8 Å². The summed E-state index contributed by atoms with van der Waals surface area (Å²) in [4.78, 5) is 22.4. The Morgan fingerprint density at radius 2 is 2.32 bits per heavy atom. The molecule has 1 aliphatic heterocycles. The number of halogens is 1. The van der Waals surface area contributed by atoms with Crippen LogP contribution in [0.15, 0.2) is 42.9 Å². The summed E-state index contributed by atoms with van der Waals surface area (Å²) in [5, 5.41) is 0. The molecule has 1 aromatic carbocycles. The lowest BCUT2D eigenvalue weighted by Crippen LogP contribution is -2.34. The van der Waals surface area contributed by atoms with Gasteiger partial charge in [-0.25, -0.2) is 4.39 Å². The number of aromatic nitrogens is 2. The van der Waals surface area contributed by atoms with Gasteiger partial charge in [0.1, 0.15) is 11.6 Å². The molecule has 3 rings (SSSR count). The van der Waals surface area contributed by atoms with Gasteiger partial charge in [0.05, 0.1) is 17.9 Å². The van der Waals surface area contributed by atoms with E-state index in [1.54, 1.807) is 35.6 Å². The smallest absolute Gasteiger partial charge is 0.261 e. The second kappa shape index (κ2) is 6.51. The molecule has 1 saturated heterocycles. The van der Waals surface area contributed by atoms with E-state index in [1.165, 1.54) is 12.1 Å². The number of amides is 1. The summed E-state index contributed by atoms with van der Waals surface area (Å²) in [5.41, 5.74) is 0.791. The number of benzene rings is 1. The summed E-state index contributed by atoms with van der Waals surface area (Å²) in [6.45, 7) is 0.562. The molecule has 114 valence electrons. The van der Waals surface area contributed by atoms with Gasteiger partial charge in [-0.05, 0) is 25.0 Å². The number of carbonyl (C=O) groups excluding carboxylic acids is 1. The summed E-state index contributed by atoms with van der Waals surface area (Å²) in [7, 11) is 0. The number of ether oxygens (including phenoxy) is 1. The van der Waals surface area contributed by atoms with Crippen LogP contribution < -0.4 is 4.74 Å². The third kappa shape index (κ3) is 3.21. The van der Waals surface area contributed by atoms with Gasteiger partial charge in [-0.15, -0.1) is 0 Å². The fourth-order valence-electron chi connectivity index (χ4n) is 2.64. The normalized spacial score (nSPS) is 17.5. The van der Waals surface area contributed by atoms with Crippen molar-refractivity contribution >= 4 is 5.91 Å². The molecule has 0 saturated carbocycles. The second-order valence-electron chi connectivity index (χ2n) is 5.12. The maximum absolute atomic E-state index is 13.1. The first kappa shape index (κ1) is 14.4. The molecule has 6 heteroatoms. The Bertz CT molecular complexity index is 651. The van der Waals surface area contributed by atoms with E-state index in [2.05, 4.69) is 9.97 Å². The zero-order valence-corrected chi connectivity index (χ0v) is 12.0. The highest BCUT2D eigenvalue weighted by Gasteiger charge is 2.31. The molecular weight excluding hydrogens is 285 g/mol. The molecule has 1 atom stereocenters. The molecule has 1 aromatic heterocycles. The molecule has 1 fully saturated rings. The van der Waals surface area contributed by atoms with Gasteiger partial charge in [0, 0.05) is 25.0 Å². The minimum absolute atomic E-state index is 0.0580. The fraction of sp³-hybridized carbons (Fsp3) is 0.312. The van der Waals surface area contributed by atoms with Crippen molar-refractivity contribution in [3.63, 3.8) is 0 Å². The van der Waals surface area contributed by atoms with Crippen LogP contribution in [0.4, 0.5) is 4.39 Å². The molecule has 0 radical (unpaired) electrons. The standard InChI is InChI=1S/C16H16FN3O2/c17-12-3-1-4-13(9-12)22-11-16(21)20-8-2-5-15(20)14-10-18-6-7-19-14/h1,3-4,6-7,9-10,15H,2,5,8,11H2/t15-/m1/s1. The highest BCUT2D eigenvalue weighted by molar-refractivity contribution is 5.78. The first-order valence-electron chi connectivity index (χ1n) is 7.18. The lowest BCUT2D eigenvalue weighted by atomic mass is 10.1. The van der Waals surface area contributed by atoms with E-state index in [-0.39, 0.29) is 24.4 Å². The Hall–Kier alpha value is -2.50. The lowest BCUT2D eigenvalue weighted by molar-refractivity contribution is -0.134. The average Bonchev–Trinajstić information content (AvgIpc) is 3.03. The predicted octanol–water partition coefficient (Wildman–Crippen LogP) is 2.36. The van der Waals surface area contributed by atoms with Crippen LogP contribution in [0.2, 0.25) is 0 Å². The first-order valence-corrected chi connectivity index (χ1v) is 7.18. The van der Waals surface area contributed by atoms with Crippen molar-refractivity contribution < 1.29 is 13.9 Å². The molecule has 1 aliphatic rings. The topological polar surface area (TPSA) is 55.3 Å². The van der Waals surface area contributed by atoms with Crippen molar-refractivity contribution in [2.75, 3.05) is 13.2 Å². The van der Waals surface area contributed by atoms with Crippen LogP contribution in [0.25, 0.3) is 0 Å². The van der Waals surface area contributed by atoms with E-state index < -0.39 is 0 Å². The van der Waals surface area contributed by atoms with E-state index in [0.29, 0.717) is 12.3 Å².